The van der Waals surface area contributed by atoms with Crippen molar-refractivity contribution in [3.63, 3.8) is 0 Å². The average Bonchev–Trinajstić information content (AvgIpc) is 2.98. The van der Waals surface area contributed by atoms with Crippen LogP contribution in [0.1, 0.15) is 0 Å². The number of hydrogen-bond acceptors (Lipinski definition) is 4. The average molecular weight is 305 g/mol. The van der Waals surface area contributed by atoms with Gasteiger partial charge in [-0.2, -0.15) is 0 Å². The van der Waals surface area contributed by atoms with Gasteiger partial charge < -0.3 is 14.3 Å². The van der Waals surface area contributed by atoms with Crippen LogP contribution in [0.15, 0.2) is 57.7 Å². The number of hydrogen-bond donors (Lipinski definition) is 1. The number of oxazole rings is 1. The fraction of sp³-hybridized carbons (Fsp3) is 0.111. The van der Waals surface area contributed by atoms with Crippen LogP contribution in [0, 0.1) is 0 Å². The molecule has 0 spiro atoms. The van der Waals surface area contributed by atoms with Gasteiger partial charge >= 0.3 is 0 Å². The van der Waals surface area contributed by atoms with E-state index in [0.29, 0.717) is 22.6 Å². The van der Waals surface area contributed by atoms with Gasteiger partial charge in [-0.15, -0.1) is 0 Å². The van der Waals surface area contributed by atoms with Crippen LogP contribution in [-0.2, 0) is 0 Å². The number of H-pyrrole nitrogens is 1. The van der Waals surface area contributed by atoms with Gasteiger partial charge in [0.1, 0.15) is 11.2 Å². The fourth-order valence-corrected chi connectivity index (χ4v) is 2.62. The van der Waals surface area contributed by atoms with Crippen molar-refractivity contribution < 1.29 is 4.42 Å². The molecular formula is C18H15N3O2. The van der Waals surface area contributed by atoms with Crippen LogP contribution < -0.4 is 10.3 Å². The first-order valence-electron chi connectivity index (χ1n) is 7.32. The molecule has 4 aromatic rings. The Balaban J connectivity index is 1.91. The van der Waals surface area contributed by atoms with Crippen LogP contribution in [0.25, 0.3) is 33.6 Å². The van der Waals surface area contributed by atoms with E-state index in [9.17, 15) is 4.79 Å². The second-order valence-electron chi connectivity index (χ2n) is 5.66. The van der Waals surface area contributed by atoms with Crippen LogP contribution in [-0.4, -0.2) is 24.1 Å². The Morgan fingerprint density at radius 2 is 1.91 bits per heavy atom. The van der Waals surface area contributed by atoms with Crippen molar-refractivity contribution in [2.24, 2.45) is 0 Å². The van der Waals surface area contributed by atoms with E-state index in [1.165, 1.54) is 6.07 Å². The lowest BCUT2D eigenvalue weighted by Gasteiger charge is -2.12. The highest BCUT2D eigenvalue weighted by Gasteiger charge is 2.11. The van der Waals surface area contributed by atoms with E-state index in [1.54, 1.807) is 0 Å². The molecule has 0 aliphatic rings. The number of anilines is 1. The number of benzene rings is 2. The molecule has 23 heavy (non-hydrogen) atoms. The van der Waals surface area contributed by atoms with Gasteiger partial charge in [-0.25, -0.2) is 4.98 Å². The molecule has 1 N–H and O–H groups in total. The van der Waals surface area contributed by atoms with Gasteiger partial charge in [0, 0.05) is 36.8 Å². The minimum Gasteiger partial charge on any atom is -0.435 e. The summed E-state index contributed by atoms with van der Waals surface area (Å²) in [6.45, 7) is 0. The molecule has 2 aromatic heterocycles. The first-order valence-corrected chi connectivity index (χ1v) is 7.32. The van der Waals surface area contributed by atoms with Crippen molar-refractivity contribution in [3.05, 3.63) is 58.8 Å². The quantitative estimate of drug-likeness (QED) is 0.616. The molecule has 4 rings (SSSR count). The van der Waals surface area contributed by atoms with Gasteiger partial charge in [-0.1, -0.05) is 12.1 Å². The molecule has 0 amide bonds. The molecule has 5 nitrogen and oxygen atoms in total. The summed E-state index contributed by atoms with van der Waals surface area (Å²) in [5.74, 6) is 0.418. The summed E-state index contributed by atoms with van der Waals surface area (Å²) in [6.07, 6.45) is 0. The van der Waals surface area contributed by atoms with Crippen molar-refractivity contribution in [2.75, 3.05) is 19.0 Å². The SMILES string of the molecule is CN(C)c1ccc2[nH]c(-c3nc4ccccc4o3)cc(=O)c2c1. The zero-order chi connectivity index (χ0) is 16.0. The Hall–Kier alpha value is -3.08. The van der Waals surface area contributed by atoms with Gasteiger partial charge in [-0.05, 0) is 30.3 Å². The van der Waals surface area contributed by atoms with Crippen LogP contribution in [0.3, 0.4) is 0 Å². The van der Waals surface area contributed by atoms with E-state index >= 15 is 0 Å². The molecule has 0 atom stereocenters. The van der Waals surface area contributed by atoms with E-state index in [4.69, 9.17) is 4.42 Å². The minimum atomic E-state index is -0.0558. The number of para-hydroxylation sites is 2. The van der Waals surface area contributed by atoms with Crippen molar-refractivity contribution in [2.45, 2.75) is 0 Å². The number of nitrogens with zero attached hydrogens (tertiary/aromatic N) is 2. The Labute approximate surface area is 132 Å². The Kier molecular flexibility index (Phi) is 2.94. The molecule has 0 fully saturated rings. The van der Waals surface area contributed by atoms with Gasteiger partial charge in [0.25, 0.3) is 0 Å². The lowest BCUT2D eigenvalue weighted by molar-refractivity contribution is 0.617. The standard InChI is InChI=1S/C18H15N3O2/c1-21(2)11-7-8-13-12(9-11)16(22)10-15(19-13)18-20-14-5-3-4-6-17(14)23-18/h3-10H,1-2H3,(H,19,22). The zero-order valence-corrected chi connectivity index (χ0v) is 12.8. The predicted octanol–water partition coefficient (Wildman–Crippen LogP) is 3.40. The van der Waals surface area contributed by atoms with Gasteiger partial charge in [0.2, 0.25) is 5.89 Å². The highest BCUT2D eigenvalue weighted by molar-refractivity contribution is 5.84. The number of aromatic amines is 1. The number of fused-ring (bicyclic) bond motifs is 2. The molecule has 0 aliphatic carbocycles. The molecule has 0 saturated carbocycles. The first kappa shape index (κ1) is 13.6. The lowest BCUT2D eigenvalue weighted by Crippen LogP contribution is -2.10. The summed E-state index contributed by atoms with van der Waals surface area (Å²) in [7, 11) is 3.89. The summed E-state index contributed by atoms with van der Waals surface area (Å²) in [5, 5.41) is 0.649. The third-order valence-corrected chi connectivity index (χ3v) is 3.85. The second-order valence-corrected chi connectivity index (χ2v) is 5.66. The Bertz CT molecular complexity index is 1040. The van der Waals surface area contributed by atoms with Gasteiger partial charge in [-0.3, -0.25) is 4.79 Å². The van der Waals surface area contributed by atoms with Crippen molar-refractivity contribution in [3.8, 4) is 11.6 Å². The highest BCUT2D eigenvalue weighted by atomic mass is 16.3. The Morgan fingerprint density at radius 1 is 1.09 bits per heavy atom. The molecule has 0 unspecified atom stereocenters. The van der Waals surface area contributed by atoms with Gasteiger partial charge in [0.05, 0.1) is 0 Å². The molecule has 2 heterocycles. The molecule has 5 heteroatoms. The fourth-order valence-electron chi connectivity index (χ4n) is 2.62. The third kappa shape index (κ3) is 2.26. The van der Waals surface area contributed by atoms with Crippen LogP contribution in [0.2, 0.25) is 0 Å². The largest absolute Gasteiger partial charge is 0.435 e. The molecule has 114 valence electrons. The van der Waals surface area contributed by atoms with Crippen LogP contribution in [0.5, 0.6) is 0 Å². The number of aromatic nitrogens is 2. The summed E-state index contributed by atoms with van der Waals surface area (Å²) in [4.78, 5) is 22.1. The smallest absolute Gasteiger partial charge is 0.244 e. The van der Waals surface area contributed by atoms with Crippen molar-refractivity contribution in [1.82, 2.24) is 9.97 Å². The Morgan fingerprint density at radius 3 is 2.70 bits per heavy atom. The topological polar surface area (TPSA) is 62.1 Å². The summed E-state index contributed by atoms with van der Waals surface area (Å²) in [6, 6.07) is 14.8. The van der Waals surface area contributed by atoms with E-state index in [1.807, 2.05) is 61.5 Å². The maximum atomic E-state index is 12.5. The normalized spacial score (nSPS) is 11.2. The highest BCUT2D eigenvalue weighted by Crippen LogP contribution is 2.24. The van der Waals surface area contributed by atoms with E-state index in [-0.39, 0.29) is 5.43 Å². The van der Waals surface area contributed by atoms with E-state index in [0.717, 1.165) is 16.7 Å². The summed E-state index contributed by atoms with van der Waals surface area (Å²) in [5.41, 5.74) is 3.74. The molecule has 2 aromatic carbocycles. The molecular weight excluding hydrogens is 290 g/mol. The van der Waals surface area contributed by atoms with E-state index in [2.05, 4.69) is 9.97 Å². The zero-order valence-electron chi connectivity index (χ0n) is 12.8. The van der Waals surface area contributed by atoms with Gasteiger partial charge in [0.15, 0.2) is 11.0 Å². The molecule has 0 saturated heterocycles. The number of rotatable bonds is 2. The molecule has 0 aliphatic heterocycles. The predicted molar refractivity (Wildman–Crippen MR) is 91.9 cm³/mol. The van der Waals surface area contributed by atoms with E-state index < -0.39 is 0 Å². The first-order chi connectivity index (χ1) is 11.1. The lowest BCUT2D eigenvalue weighted by atomic mass is 10.1. The maximum absolute atomic E-state index is 12.5. The molecule has 0 radical (unpaired) electrons. The van der Waals surface area contributed by atoms with Crippen LogP contribution >= 0.6 is 0 Å². The molecule has 0 bridgehead atoms. The van der Waals surface area contributed by atoms with Crippen molar-refractivity contribution in [1.29, 1.82) is 0 Å². The number of nitrogens with one attached hydrogen (secondary N) is 1. The van der Waals surface area contributed by atoms with Crippen LogP contribution in [0.4, 0.5) is 5.69 Å². The maximum Gasteiger partial charge on any atom is 0.244 e. The number of pyridine rings is 1. The monoisotopic (exact) mass is 305 g/mol. The summed E-state index contributed by atoms with van der Waals surface area (Å²) < 4.78 is 5.73. The third-order valence-electron chi connectivity index (χ3n) is 3.85. The second kappa shape index (κ2) is 4.98. The van der Waals surface area contributed by atoms with Crippen molar-refractivity contribution >= 4 is 27.7 Å². The minimum absolute atomic E-state index is 0.0558. The summed E-state index contributed by atoms with van der Waals surface area (Å²) >= 11 is 0.